The standard InChI is InChI=1S/C75H135N2O7P/c1-7-10-13-16-19-22-25-27-29-31-33-35-36-37-38-39-40-42-43-45-47-49-52-55-58-61-64-67-74(78)76-72(71-83-85(80,81)82-70-69-77(4,5)6)73(66-63-60-57-54-51-24-21-18-15-12-9-3)84-75(79)68-65-62-59-56-53-50-48-46-44-41-34-32-30-28-26-23-20-17-14-11-8-2/h11,14,20,23,27-30,34,41,46,48,53,56,63,66,72-73H,7-10,12-13,15-19,21-22,24-26,31-33,35-40,42-45,47,49-52,54-55,57-62,64-65,67-71H2,1-6H3,(H-,76,78,80,81)/p+1/b14-11-,23-20-,29-27+,30-28-,41-34-,48-46-,56-53-,66-63-. The first kappa shape index (κ1) is 81.9. The molecule has 0 aliphatic carbocycles. The number of ether oxygens (including phenoxy) is 1. The van der Waals surface area contributed by atoms with Crippen molar-refractivity contribution in [3.8, 4) is 0 Å². The second-order valence-corrected chi connectivity index (χ2v) is 26.5. The number of quaternary nitrogens is 1. The summed E-state index contributed by atoms with van der Waals surface area (Å²) in [6, 6.07) is -0.871. The van der Waals surface area contributed by atoms with E-state index in [1.807, 2.05) is 33.3 Å². The Morgan fingerprint density at radius 1 is 0.424 bits per heavy atom. The Bertz CT molecular complexity index is 1780. The van der Waals surface area contributed by atoms with E-state index in [2.05, 4.69) is 111 Å². The Kier molecular flexibility index (Phi) is 61.6. The smallest absolute Gasteiger partial charge is 0.456 e. The molecule has 0 aliphatic rings. The number of phosphoric ester groups is 1. The third-order valence-corrected chi connectivity index (χ3v) is 16.5. The predicted molar refractivity (Wildman–Crippen MR) is 369 cm³/mol. The summed E-state index contributed by atoms with van der Waals surface area (Å²) in [5.74, 6) is -0.551. The molecule has 3 unspecified atom stereocenters. The summed E-state index contributed by atoms with van der Waals surface area (Å²) in [6.45, 7) is 6.88. The number of hydrogen-bond donors (Lipinski definition) is 2. The summed E-state index contributed by atoms with van der Waals surface area (Å²) in [5, 5.41) is 3.06. The molecule has 85 heavy (non-hydrogen) atoms. The highest BCUT2D eigenvalue weighted by Gasteiger charge is 2.30. The summed E-state index contributed by atoms with van der Waals surface area (Å²) in [4.78, 5) is 37.8. The van der Waals surface area contributed by atoms with Gasteiger partial charge in [-0.2, -0.15) is 0 Å². The fraction of sp³-hybridized carbons (Fsp3) is 0.760. The highest BCUT2D eigenvalue weighted by molar-refractivity contribution is 7.47. The molecule has 492 valence electrons. The van der Waals surface area contributed by atoms with Gasteiger partial charge in [0, 0.05) is 12.8 Å². The minimum absolute atomic E-state index is 0.0301. The van der Waals surface area contributed by atoms with Crippen molar-refractivity contribution in [3.05, 3.63) is 97.2 Å². The zero-order valence-corrected chi connectivity index (χ0v) is 57.2. The Labute approximate surface area is 526 Å². The van der Waals surface area contributed by atoms with Gasteiger partial charge in [-0.3, -0.25) is 18.6 Å². The molecule has 9 nitrogen and oxygen atoms in total. The lowest BCUT2D eigenvalue weighted by Crippen LogP contribution is -2.47. The maximum atomic E-state index is 13.6. The van der Waals surface area contributed by atoms with Crippen LogP contribution >= 0.6 is 7.82 Å². The number of rotatable bonds is 64. The first-order chi connectivity index (χ1) is 41.4. The molecule has 0 heterocycles. The van der Waals surface area contributed by atoms with Gasteiger partial charge in [-0.15, -0.1) is 0 Å². The quantitative estimate of drug-likeness (QED) is 0.0205. The molecule has 0 aliphatic heterocycles. The van der Waals surface area contributed by atoms with Crippen LogP contribution < -0.4 is 5.32 Å². The van der Waals surface area contributed by atoms with Crippen LogP contribution in [0.1, 0.15) is 316 Å². The summed E-state index contributed by atoms with van der Waals surface area (Å²) < 4.78 is 30.8. The SMILES string of the molecule is CC/C=C\C/C=C\C/C=C\C/C=C\C/C=C\C/C=C\CCCCC(=O)OC(/C=C\CCCCCCCCCCC)C(COP(=O)(O)OCC[N+](C)(C)C)NC(=O)CCCCCCCCCCCCCCCCCCC/C=C/CCCCCCCC. The second-order valence-electron chi connectivity index (χ2n) is 25.0. The third-order valence-electron chi connectivity index (χ3n) is 15.5. The molecule has 0 saturated heterocycles. The van der Waals surface area contributed by atoms with Crippen molar-refractivity contribution in [2.24, 2.45) is 0 Å². The lowest BCUT2D eigenvalue weighted by molar-refractivity contribution is -0.870. The van der Waals surface area contributed by atoms with Gasteiger partial charge < -0.3 is 19.4 Å². The van der Waals surface area contributed by atoms with Gasteiger partial charge in [0.1, 0.15) is 19.3 Å². The summed E-state index contributed by atoms with van der Waals surface area (Å²) >= 11 is 0. The number of phosphoric acid groups is 1. The molecule has 3 atom stereocenters. The molecule has 0 fully saturated rings. The van der Waals surface area contributed by atoms with Crippen LogP contribution in [0.2, 0.25) is 0 Å². The number of allylic oxidation sites excluding steroid dienone is 15. The third kappa shape index (κ3) is 65.2. The minimum Gasteiger partial charge on any atom is -0.456 e. The van der Waals surface area contributed by atoms with Crippen LogP contribution in [0.15, 0.2) is 97.2 Å². The average Bonchev–Trinajstić information content (AvgIpc) is 3.63. The van der Waals surface area contributed by atoms with Crippen molar-refractivity contribution in [1.82, 2.24) is 5.32 Å². The van der Waals surface area contributed by atoms with Gasteiger partial charge in [0.05, 0.1) is 33.8 Å². The Hall–Kier alpha value is -3.07. The van der Waals surface area contributed by atoms with Crippen molar-refractivity contribution in [3.63, 3.8) is 0 Å². The number of hydrogen-bond acceptors (Lipinski definition) is 6. The summed E-state index contributed by atoms with van der Waals surface area (Å²) in [5.41, 5.74) is 0. The molecule has 2 N–H and O–H groups in total. The maximum Gasteiger partial charge on any atom is 0.472 e. The van der Waals surface area contributed by atoms with E-state index in [0.29, 0.717) is 23.9 Å². The molecular formula is C75H136N2O7P+. The first-order valence-corrected chi connectivity index (χ1v) is 37.1. The number of carbonyl (C=O) groups is 2. The Morgan fingerprint density at radius 3 is 1.15 bits per heavy atom. The van der Waals surface area contributed by atoms with Gasteiger partial charge >= 0.3 is 13.8 Å². The van der Waals surface area contributed by atoms with Gasteiger partial charge in [-0.25, -0.2) is 4.57 Å². The number of likely N-dealkylation sites (N-methyl/N-ethyl adjacent to an activating group) is 1. The van der Waals surface area contributed by atoms with Crippen LogP contribution in [0.5, 0.6) is 0 Å². The van der Waals surface area contributed by atoms with E-state index < -0.39 is 20.0 Å². The lowest BCUT2D eigenvalue weighted by Gasteiger charge is -2.27. The number of nitrogens with zero attached hydrogens (tertiary/aromatic N) is 1. The molecule has 0 saturated carbocycles. The van der Waals surface area contributed by atoms with E-state index in [9.17, 15) is 19.0 Å². The van der Waals surface area contributed by atoms with E-state index in [0.717, 1.165) is 89.9 Å². The molecule has 0 aromatic heterocycles. The Balaban J connectivity index is 5.05. The number of amides is 1. The van der Waals surface area contributed by atoms with Crippen molar-refractivity contribution < 1.29 is 37.3 Å². The van der Waals surface area contributed by atoms with Crippen LogP contribution in [0.25, 0.3) is 0 Å². The van der Waals surface area contributed by atoms with Gasteiger partial charge in [0.15, 0.2) is 0 Å². The zero-order chi connectivity index (χ0) is 62.1. The predicted octanol–water partition coefficient (Wildman–Crippen LogP) is 22.7. The van der Waals surface area contributed by atoms with E-state index in [4.69, 9.17) is 13.8 Å². The highest BCUT2D eigenvalue weighted by atomic mass is 31.2. The van der Waals surface area contributed by atoms with Crippen molar-refractivity contribution in [1.29, 1.82) is 0 Å². The molecule has 0 radical (unpaired) electrons. The molecule has 0 aromatic rings. The topological polar surface area (TPSA) is 111 Å². The van der Waals surface area contributed by atoms with Crippen LogP contribution in [-0.4, -0.2) is 74.3 Å². The number of esters is 1. The fourth-order valence-corrected chi connectivity index (χ4v) is 10.8. The number of unbranched alkanes of at least 4 members (excludes halogenated alkanes) is 34. The molecule has 0 aromatic carbocycles. The molecule has 0 rings (SSSR count). The summed E-state index contributed by atoms with van der Waals surface area (Å²) in [6.07, 6.45) is 87.2. The van der Waals surface area contributed by atoms with Crippen LogP contribution in [-0.2, 0) is 27.9 Å². The van der Waals surface area contributed by atoms with E-state index >= 15 is 0 Å². The van der Waals surface area contributed by atoms with Crippen molar-refractivity contribution in [2.75, 3.05) is 40.9 Å². The molecule has 0 bridgehead atoms. The second kappa shape index (κ2) is 63.9. The van der Waals surface area contributed by atoms with Crippen LogP contribution in [0, 0.1) is 0 Å². The van der Waals surface area contributed by atoms with E-state index in [1.54, 1.807) is 0 Å². The van der Waals surface area contributed by atoms with E-state index in [1.165, 1.54) is 186 Å². The minimum atomic E-state index is -4.47. The van der Waals surface area contributed by atoms with Crippen LogP contribution in [0.3, 0.4) is 0 Å². The van der Waals surface area contributed by atoms with Gasteiger partial charge in [-0.1, -0.05) is 292 Å². The zero-order valence-electron chi connectivity index (χ0n) is 56.3. The fourth-order valence-electron chi connectivity index (χ4n) is 10.1. The lowest BCUT2D eigenvalue weighted by atomic mass is 10.0. The van der Waals surface area contributed by atoms with E-state index in [-0.39, 0.29) is 31.5 Å². The maximum absolute atomic E-state index is 13.6. The van der Waals surface area contributed by atoms with Gasteiger partial charge in [0.2, 0.25) is 5.91 Å². The average molecular weight is 1210 g/mol. The van der Waals surface area contributed by atoms with Crippen molar-refractivity contribution >= 4 is 19.7 Å². The monoisotopic (exact) mass is 1210 g/mol. The van der Waals surface area contributed by atoms with Gasteiger partial charge in [0.25, 0.3) is 0 Å². The number of carbonyl (C=O) groups excluding carboxylic acids is 2. The molecule has 1 amide bonds. The molecule has 0 spiro atoms. The normalized spacial score (nSPS) is 14.1. The molecular weight excluding hydrogens is 1070 g/mol. The first-order valence-electron chi connectivity index (χ1n) is 35.6. The van der Waals surface area contributed by atoms with Crippen molar-refractivity contribution in [2.45, 2.75) is 328 Å². The Morgan fingerprint density at radius 2 is 0.753 bits per heavy atom. The van der Waals surface area contributed by atoms with Gasteiger partial charge in [-0.05, 0) is 109 Å². The van der Waals surface area contributed by atoms with Crippen LogP contribution in [0.4, 0.5) is 0 Å². The highest BCUT2D eigenvalue weighted by Crippen LogP contribution is 2.43. The summed E-state index contributed by atoms with van der Waals surface area (Å²) in [7, 11) is 1.47. The largest absolute Gasteiger partial charge is 0.472 e. The number of nitrogens with one attached hydrogen (secondary N) is 1. The molecule has 10 heteroatoms.